The highest BCUT2D eigenvalue weighted by atomic mass is 19.1. The van der Waals surface area contributed by atoms with Crippen molar-refractivity contribution in [1.29, 1.82) is 0 Å². The zero-order chi connectivity index (χ0) is 12.3. The monoisotopic (exact) mass is 239 g/mol. The van der Waals surface area contributed by atoms with Gasteiger partial charge in [-0.15, -0.1) is 0 Å². The summed E-state index contributed by atoms with van der Waals surface area (Å²) in [6.45, 7) is 3.44. The molecular formula is C13H18FNO2. The van der Waals surface area contributed by atoms with Crippen molar-refractivity contribution in [2.45, 2.75) is 26.1 Å². The second kappa shape index (κ2) is 5.36. The predicted molar refractivity (Wildman–Crippen MR) is 64.3 cm³/mol. The molecule has 0 radical (unpaired) electrons. The first-order chi connectivity index (χ1) is 8.22. The molecular weight excluding hydrogens is 221 g/mol. The molecule has 94 valence electrons. The van der Waals surface area contributed by atoms with Crippen molar-refractivity contribution in [3.8, 4) is 11.5 Å². The number of benzene rings is 1. The van der Waals surface area contributed by atoms with Crippen LogP contribution < -0.4 is 14.8 Å². The molecule has 0 saturated carbocycles. The summed E-state index contributed by atoms with van der Waals surface area (Å²) in [5.41, 5.74) is 1.59. The predicted octanol–water partition coefficient (Wildman–Crippen LogP) is 2.60. The summed E-state index contributed by atoms with van der Waals surface area (Å²) < 4.78 is 24.7. The van der Waals surface area contributed by atoms with E-state index in [4.69, 9.17) is 9.47 Å². The summed E-state index contributed by atoms with van der Waals surface area (Å²) in [5, 5.41) is 3.04. The van der Waals surface area contributed by atoms with Gasteiger partial charge in [-0.25, -0.2) is 4.39 Å². The number of rotatable bonds is 3. The molecule has 2 rings (SSSR count). The molecule has 3 nitrogen and oxygen atoms in total. The summed E-state index contributed by atoms with van der Waals surface area (Å²) in [5.74, 6) is 1.37. The second-order valence-corrected chi connectivity index (χ2v) is 4.19. The van der Waals surface area contributed by atoms with Crippen molar-refractivity contribution in [2.75, 3.05) is 20.3 Å². The van der Waals surface area contributed by atoms with Gasteiger partial charge >= 0.3 is 0 Å². The van der Waals surface area contributed by atoms with Gasteiger partial charge in [-0.3, -0.25) is 0 Å². The third-order valence-electron chi connectivity index (χ3n) is 2.81. The van der Waals surface area contributed by atoms with Gasteiger partial charge in [0.05, 0.1) is 13.2 Å². The van der Waals surface area contributed by atoms with E-state index in [0.717, 1.165) is 17.7 Å². The van der Waals surface area contributed by atoms with E-state index in [9.17, 15) is 4.39 Å². The van der Waals surface area contributed by atoms with Crippen molar-refractivity contribution in [2.24, 2.45) is 0 Å². The zero-order valence-corrected chi connectivity index (χ0v) is 10.3. The number of ether oxygens (including phenoxy) is 2. The summed E-state index contributed by atoms with van der Waals surface area (Å²) >= 11 is 0. The maximum Gasteiger partial charge on any atom is 0.161 e. The first-order valence-corrected chi connectivity index (χ1v) is 5.93. The Hall–Kier alpha value is -1.29. The van der Waals surface area contributed by atoms with Crippen LogP contribution in [0, 0.1) is 0 Å². The quantitative estimate of drug-likeness (QED) is 0.879. The number of hydrogen-bond acceptors (Lipinski definition) is 3. The number of hydrogen-bond donors (Lipinski definition) is 1. The molecule has 1 N–H and O–H groups in total. The Morgan fingerprint density at radius 2 is 1.94 bits per heavy atom. The van der Waals surface area contributed by atoms with Gasteiger partial charge in [0, 0.05) is 13.0 Å². The largest absolute Gasteiger partial charge is 0.490 e. The lowest BCUT2D eigenvalue weighted by molar-refractivity contribution is 0.296. The summed E-state index contributed by atoms with van der Waals surface area (Å²) in [4.78, 5) is 0. The maximum atomic E-state index is 13.6. The maximum absolute atomic E-state index is 13.6. The minimum atomic E-state index is -1.00. The van der Waals surface area contributed by atoms with Crippen molar-refractivity contribution in [3.63, 3.8) is 0 Å². The van der Waals surface area contributed by atoms with Crippen LogP contribution in [0.25, 0.3) is 0 Å². The van der Waals surface area contributed by atoms with Crippen molar-refractivity contribution in [3.05, 3.63) is 23.3 Å². The van der Waals surface area contributed by atoms with E-state index in [-0.39, 0.29) is 0 Å². The Morgan fingerprint density at radius 1 is 1.29 bits per heavy atom. The van der Waals surface area contributed by atoms with Crippen LogP contribution in [0.5, 0.6) is 11.5 Å². The van der Waals surface area contributed by atoms with E-state index >= 15 is 0 Å². The Kier molecular flexibility index (Phi) is 3.84. The van der Waals surface area contributed by atoms with E-state index in [1.165, 1.54) is 0 Å². The number of fused-ring (bicyclic) bond motifs is 1. The summed E-state index contributed by atoms with van der Waals surface area (Å²) in [6.07, 6.45) is -0.146. The van der Waals surface area contributed by atoms with E-state index < -0.39 is 6.17 Å². The number of nitrogens with one attached hydrogen (secondary N) is 1. The molecule has 0 bridgehead atoms. The molecule has 4 heteroatoms. The number of halogens is 1. The van der Waals surface area contributed by atoms with Crippen LogP contribution in [0.4, 0.5) is 4.39 Å². The Balaban J connectivity index is 2.41. The van der Waals surface area contributed by atoms with Crippen LogP contribution in [-0.2, 0) is 6.54 Å². The molecule has 0 aromatic heterocycles. The van der Waals surface area contributed by atoms with Gasteiger partial charge in [0.25, 0.3) is 0 Å². The lowest BCUT2D eigenvalue weighted by Gasteiger charge is -2.15. The summed E-state index contributed by atoms with van der Waals surface area (Å²) in [7, 11) is 1.84. The van der Waals surface area contributed by atoms with E-state index in [1.54, 1.807) is 13.0 Å². The SMILES string of the molecule is CNCc1cc2c(cc1C(C)F)OCCCO2. The molecule has 1 aromatic rings. The molecule has 1 aromatic carbocycles. The normalized spacial score (nSPS) is 16.4. The van der Waals surface area contributed by atoms with Crippen LogP contribution in [-0.4, -0.2) is 20.3 Å². The first kappa shape index (κ1) is 12.2. The van der Waals surface area contributed by atoms with Crippen LogP contribution >= 0.6 is 0 Å². The van der Waals surface area contributed by atoms with E-state index in [2.05, 4.69) is 5.32 Å². The van der Waals surface area contributed by atoms with Gasteiger partial charge in [-0.1, -0.05) is 0 Å². The van der Waals surface area contributed by atoms with Gasteiger partial charge < -0.3 is 14.8 Å². The second-order valence-electron chi connectivity index (χ2n) is 4.19. The Bertz CT molecular complexity index is 393. The molecule has 1 atom stereocenters. The molecule has 0 fully saturated rings. The van der Waals surface area contributed by atoms with E-state index in [0.29, 0.717) is 31.1 Å². The average Bonchev–Trinajstić information content (AvgIpc) is 2.52. The molecule has 0 amide bonds. The van der Waals surface area contributed by atoms with Crippen molar-refractivity contribution < 1.29 is 13.9 Å². The molecule has 1 aliphatic rings. The molecule has 0 aliphatic carbocycles. The van der Waals surface area contributed by atoms with Crippen LogP contribution in [0.1, 0.15) is 30.6 Å². The Morgan fingerprint density at radius 3 is 2.53 bits per heavy atom. The molecule has 0 saturated heterocycles. The number of alkyl halides is 1. The van der Waals surface area contributed by atoms with Crippen LogP contribution in [0.2, 0.25) is 0 Å². The highest BCUT2D eigenvalue weighted by Crippen LogP contribution is 2.35. The molecule has 17 heavy (non-hydrogen) atoms. The van der Waals surface area contributed by atoms with Crippen molar-refractivity contribution in [1.82, 2.24) is 5.32 Å². The van der Waals surface area contributed by atoms with Crippen molar-refractivity contribution >= 4 is 0 Å². The highest BCUT2D eigenvalue weighted by Gasteiger charge is 2.17. The lowest BCUT2D eigenvalue weighted by atomic mass is 10.0. The minimum Gasteiger partial charge on any atom is -0.490 e. The zero-order valence-electron chi connectivity index (χ0n) is 10.3. The third kappa shape index (κ3) is 2.69. The molecule has 0 spiro atoms. The summed E-state index contributed by atoms with van der Waals surface area (Å²) in [6, 6.07) is 3.64. The van der Waals surface area contributed by atoms with Gasteiger partial charge in [0.15, 0.2) is 11.5 Å². The van der Waals surface area contributed by atoms with Gasteiger partial charge in [0.2, 0.25) is 0 Å². The van der Waals surface area contributed by atoms with Gasteiger partial charge in [-0.2, -0.15) is 0 Å². The lowest BCUT2D eigenvalue weighted by Crippen LogP contribution is -2.09. The fourth-order valence-corrected chi connectivity index (χ4v) is 1.98. The average molecular weight is 239 g/mol. The van der Waals surface area contributed by atoms with Gasteiger partial charge in [0.1, 0.15) is 6.17 Å². The van der Waals surface area contributed by atoms with Gasteiger partial charge in [-0.05, 0) is 37.2 Å². The van der Waals surface area contributed by atoms with Crippen LogP contribution in [0.3, 0.4) is 0 Å². The molecule has 1 aliphatic heterocycles. The Labute approximate surface area is 101 Å². The molecule has 1 unspecified atom stereocenters. The fourth-order valence-electron chi connectivity index (χ4n) is 1.98. The molecule has 1 heterocycles. The van der Waals surface area contributed by atoms with Crippen LogP contribution in [0.15, 0.2) is 12.1 Å². The minimum absolute atomic E-state index is 0.623. The third-order valence-corrected chi connectivity index (χ3v) is 2.81. The standard InChI is InChI=1S/C13H18FNO2/c1-9(14)11-7-13-12(6-10(11)8-15-2)16-4-3-5-17-13/h6-7,9,15H,3-5,8H2,1-2H3. The highest BCUT2D eigenvalue weighted by molar-refractivity contribution is 5.48. The smallest absolute Gasteiger partial charge is 0.161 e. The topological polar surface area (TPSA) is 30.5 Å². The van der Waals surface area contributed by atoms with E-state index in [1.807, 2.05) is 13.1 Å². The fraction of sp³-hybridized carbons (Fsp3) is 0.538. The first-order valence-electron chi connectivity index (χ1n) is 5.93.